The van der Waals surface area contributed by atoms with Gasteiger partial charge in [-0.2, -0.15) is 12.6 Å². The number of rotatable bonds is 13. The lowest BCUT2D eigenvalue weighted by Gasteiger charge is -2.19. The summed E-state index contributed by atoms with van der Waals surface area (Å²) in [5.41, 5.74) is 10.5. The van der Waals surface area contributed by atoms with Gasteiger partial charge in [0.15, 0.2) is 0 Å². The Hall–Kier alpha value is -2.87. The average Bonchev–Trinajstić information content (AvgIpc) is 2.60. The normalized spacial score (nSPS) is 13.5. The van der Waals surface area contributed by atoms with Gasteiger partial charge in [-0.25, -0.2) is 4.79 Å². The van der Waals surface area contributed by atoms with Crippen LogP contribution in [-0.2, 0) is 28.8 Å². The van der Waals surface area contributed by atoms with Crippen LogP contribution in [0, 0.1) is 0 Å². The number of aliphatic carboxylic acids is 2. The van der Waals surface area contributed by atoms with Gasteiger partial charge in [-0.05, 0) is 6.42 Å². The monoisotopic (exact) mass is 421 g/mol. The maximum Gasteiger partial charge on any atom is 0.327 e. The number of carbonyl (C=O) groups is 6. The summed E-state index contributed by atoms with van der Waals surface area (Å²) in [6.45, 7) is -0.632. The molecule has 0 bridgehead atoms. The molecular formula is C14H23N5O8S. The van der Waals surface area contributed by atoms with Crippen molar-refractivity contribution in [3.63, 3.8) is 0 Å². The fourth-order valence-corrected chi connectivity index (χ4v) is 2.07. The fraction of sp³-hybridized carbons (Fsp3) is 0.571. The van der Waals surface area contributed by atoms with E-state index in [1.54, 1.807) is 0 Å². The first kappa shape index (κ1) is 25.1. The van der Waals surface area contributed by atoms with E-state index in [0.717, 1.165) is 0 Å². The van der Waals surface area contributed by atoms with Crippen LogP contribution in [0.2, 0.25) is 0 Å². The molecular weight excluding hydrogens is 398 g/mol. The molecule has 28 heavy (non-hydrogen) atoms. The average molecular weight is 421 g/mol. The summed E-state index contributed by atoms with van der Waals surface area (Å²) in [7, 11) is 0. The Kier molecular flexibility index (Phi) is 11.2. The number of nitrogens with two attached hydrogens (primary N) is 2. The summed E-state index contributed by atoms with van der Waals surface area (Å²) in [5.74, 6) is -6.24. The van der Waals surface area contributed by atoms with Gasteiger partial charge in [0, 0.05) is 12.2 Å². The minimum Gasteiger partial charge on any atom is -0.481 e. The van der Waals surface area contributed by atoms with Gasteiger partial charge in [0.05, 0.1) is 19.0 Å². The van der Waals surface area contributed by atoms with Crippen LogP contribution >= 0.6 is 12.6 Å². The quantitative estimate of drug-likeness (QED) is 0.136. The standard InChI is InChI=1S/C14H23N5O8S/c15-6(1-2-11(22)23)12(24)19-7(3-9(16)20)13(25)17-4-10(21)18-8(5-28)14(26)27/h6-8,28H,1-5,15H2,(H2,16,20)(H,17,25)(H,18,21)(H,19,24)(H,22,23)(H,26,27). The minimum absolute atomic E-state index is 0.177. The van der Waals surface area contributed by atoms with Crippen molar-refractivity contribution < 1.29 is 39.0 Å². The van der Waals surface area contributed by atoms with Crippen molar-refractivity contribution in [3.05, 3.63) is 0 Å². The molecule has 14 heteroatoms. The second kappa shape index (κ2) is 12.5. The molecule has 0 aromatic heterocycles. The first-order chi connectivity index (χ1) is 13.0. The van der Waals surface area contributed by atoms with Gasteiger partial charge in [-0.3, -0.25) is 24.0 Å². The highest BCUT2D eigenvalue weighted by molar-refractivity contribution is 7.80. The van der Waals surface area contributed by atoms with Crippen molar-refractivity contribution in [3.8, 4) is 0 Å². The number of primary amides is 1. The molecule has 0 saturated carbocycles. The van der Waals surface area contributed by atoms with E-state index in [2.05, 4.69) is 28.6 Å². The highest BCUT2D eigenvalue weighted by Crippen LogP contribution is 1.98. The molecule has 13 nitrogen and oxygen atoms in total. The molecule has 0 aromatic rings. The third-order valence-corrected chi connectivity index (χ3v) is 3.65. The van der Waals surface area contributed by atoms with Crippen molar-refractivity contribution in [1.29, 1.82) is 0 Å². The minimum atomic E-state index is -1.45. The van der Waals surface area contributed by atoms with Crippen molar-refractivity contribution in [1.82, 2.24) is 16.0 Å². The van der Waals surface area contributed by atoms with E-state index < -0.39 is 66.7 Å². The Morgan fingerprint density at radius 1 is 0.964 bits per heavy atom. The second-order valence-corrected chi connectivity index (χ2v) is 5.99. The van der Waals surface area contributed by atoms with E-state index >= 15 is 0 Å². The molecule has 0 rings (SSSR count). The van der Waals surface area contributed by atoms with Gasteiger partial charge in [0.1, 0.15) is 12.1 Å². The van der Waals surface area contributed by atoms with Crippen LogP contribution in [-0.4, -0.2) is 76.2 Å². The summed E-state index contributed by atoms with van der Waals surface area (Å²) in [4.78, 5) is 68.1. The number of carboxylic acid groups (broad SMARTS) is 2. The Morgan fingerprint density at radius 2 is 1.57 bits per heavy atom. The molecule has 0 aliphatic carbocycles. The third kappa shape index (κ3) is 10.3. The van der Waals surface area contributed by atoms with Crippen LogP contribution < -0.4 is 27.4 Å². The topological polar surface area (TPSA) is 231 Å². The van der Waals surface area contributed by atoms with E-state index in [-0.39, 0.29) is 18.6 Å². The number of hydrogen-bond acceptors (Lipinski definition) is 8. The predicted molar refractivity (Wildman–Crippen MR) is 97.0 cm³/mol. The van der Waals surface area contributed by atoms with Crippen LogP contribution in [0.4, 0.5) is 0 Å². The summed E-state index contributed by atoms with van der Waals surface area (Å²) in [5, 5.41) is 23.8. The Morgan fingerprint density at radius 3 is 2.04 bits per heavy atom. The highest BCUT2D eigenvalue weighted by Gasteiger charge is 2.26. The Balaban J connectivity index is 4.78. The van der Waals surface area contributed by atoms with Crippen LogP contribution in [0.1, 0.15) is 19.3 Å². The maximum absolute atomic E-state index is 12.1. The zero-order valence-corrected chi connectivity index (χ0v) is 15.6. The predicted octanol–water partition coefficient (Wildman–Crippen LogP) is -3.85. The molecule has 0 fully saturated rings. The van der Waals surface area contributed by atoms with E-state index in [4.69, 9.17) is 21.7 Å². The summed E-state index contributed by atoms with van der Waals surface area (Å²) >= 11 is 3.76. The second-order valence-electron chi connectivity index (χ2n) is 5.63. The third-order valence-electron chi connectivity index (χ3n) is 3.28. The molecule has 158 valence electrons. The summed E-state index contributed by atoms with van der Waals surface area (Å²) in [6.07, 6.45) is -1.18. The highest BCUT2D eigenvalue weighted by atomic mass is 32.1. The zero-order valence-electron chi connectivity index (χ0n) is 14.7. The molecule has 0 saturated heterocycles. The van der Waals surface area contributed by atoms with Crippen LogP contribution in [0.15, 0.2) is 0 Å². The van der Waals surface area contributed by atoms with Crippen molar-refractivity contribution in [2.45, 2.75) is 37.4 Å². The van der Waals surface area contributed by atoms with E-state index in [9.17, 15) is 28.8 Å². The number of nitrogens with one attached hydrogen (secondary N) is 3. The molecule has 4 amide bonds. The van der Waals surface area contributed by atoms with Crippen molar-refractivity contribution in [2.75, 3.05) is 12.3 Å². The SMILES string of the molecule is NC(=O)CC(NC(=O)C(N)CCC(=O)O)C(=O)NCC(=O)NC(CS)C(=O)O. The van der Waals surface area contributed by atoms with Crippen LogP contribution in [0.5, 0.6) is 0 Å². The smallest absolute Gasteiger partial charge is 0.327 e. The van der Waals surface area contributed by atoms with Gasteiger partial charge in [-0.1, -0.05) is 0 Å². The number of carboxylic acids is 2. The van der Waals surface area contributed by atoms with Gasteiger partial charge in [-0.15, -0.1) is 0 Å². The van der Waals surface area contributed by atoms with Crippen molar-refractivity contribution >= 4 is 48.2 Å². The van der Waals surface area contributed by atoms with E-state index in [1.807, 2.05) is 0 Å². The van der Waals surface area contributed by atoms with Gasteiger partial charge in [0.25, 0.3) is 0 Å². The van der Waals surface area contributed by atoms with Gasteiger partial charge in [0.2, 0.25) is 23.6 Å². The molecule has 0 heterocycles. The summed E-state index contributed by atoms with van der Waals surface area (Å²) < 4.78 is 0. The Bertz CT molecular complexity index is 629. The lowest BCUT2D eigenvalue weighted by Crippen LogP contribution is -2.54. The molecule has 0 aromatic carbocycles. The fourth-order valence-electron chi connectivity index (χ4n) is 1.82. The van der Waals surface area contributed by atoms with Crippen molar-refractivity contribution in [2.24, 2.45) is 11.5 Å². The molecule has 0 aliphatic rings. The molecule has 3 atom stereocenters. The number of hydrogen-bond donors (Lipinski definition) is 8. The first-order valence-corrected chi connectivity index (χ1v) is 8.57. The maximum atomic E-state index is 12.1. The lowest BCUT2D eigenvalue weighted by atomic mass is 10.1. The molecule has 0 spiro atoms. The number of carbonyl (C=O) groups excluding carboxylic acids is 4. The molecule has 0 aliphatic heterocycles. The first-order valence-electron chi connectivity index (χ1n) is 7.94. The molecule has 0 radical (unpaired) electrons. The van der Waals surface area contributed by atoms with Gasteiger partial charge < -0.3 is 37.6 Å². The number of amides is 4. The van der Waals surface area contributed by atoms with Gasteiger partial charge >= 0.3 is 11.9 Å². The molecule has 3 unspecified atom stereocenters. The van der Waals surface area contributed by atoms with E-state index in [0.29, 0.717) is 0 Å². The van der Waals surface area contributed by atoms with Crippen LogP contribution in [0.3, 0.4) is 0 Å². The Labute approximate surface area is 165 Å². The molecule has 9 N–H and O–H groups in total. The zero-order chi connectivity index (χ0) is 21.9. The number of thiol groups is 1. The van der Waals surface area contributed by atoms with Crippen LogP contribution in [0.25, 0.3) is 0 Å². The summed E-state index contributed by atoms with van der Waals surface area (Å²) in [6, 6.07) is -3.95. The largest absolute Gasteiger partial charge is 0.481 e. The van der Waals surface area contributed by atoms with E-state index in [1.165, 1.54) is 0 Å². The lowest BCUT2D eigenvalue weighted by molar-refractivity contribution is -0.141.